The van der Waals surface area contributed by atoms with Gasteiger partial charge in [0.1, 0.15) is 0 Å². The monoisotopic (exact) mass is 308 g/mol. The van der Waals surface area contributed by atoms with E-state index in [1.807, 2.05) is 0 Å². The maximum absolute atomic E-state index is 13.0. The molecule has 118 valence electrons. The molecule has 8 heteroatoms. The SMILES string of the molecule is COc1ccc(C(OCCC(=O)O)C(F)(F)F)cc1OC. The normalized spacial score (nSPS) is 12.8. The van der Waals surface area contributed by atoms with E-state index in [2.05, 4.69) is 4.74 Å². The smallest absolute Gasteiger partial charge is 0.418 e. The summed E-state index contributed by atoms with van der Waals surface area (Å²) in [5.41, 5.74) is -0.189. The van der Waals surface area contributed by atoms with Crippen LogP contribution < -0.4 is 9.47 Å². The highest BCUT2D eigenvalue weighted by atomic mass is 19.4. The van der Waals surface area contributed by atoms with Crippen molar-refractivity contribution in [3.05, 3.63) is 23.8 Å². The van der Waals surface area contributed by atoms with Gasteiger partial charge in [0.05, 0.1) is 27.2 Å². The van der Waals surface area contributed by atoms with Crippen molar-refractivity contribution >= 4 is 5.97 Å². The number of methoxy groups -OCH3 is 2. The molecule has 0 aromatic heterocycles. The second kappa shape index (κ2) is 7.16. The summed E-state index contributed by atoms with van der Waals surface area (Å²) in [4.78, 5) is 10.4. The zero-order valence-corrected chi connectivity index (χ0v) is 11.4. The van der Waals surface area contributed by atoms with Crippen molar-refractivity contribution in [2.24, 2.45) is 0 Å². The van der Waals surface area contributed by atoms with Crippen molar-refractivity contribution < 1.29 is 37.3 Å². The van der Waals surface area contributed by atoms with Crippen LogP contribution in [0.25, 0.3) is 0 Å². The number of carbonyl (C=O) groups is 1. The van der Waals surface area contributed by atoms with Crippen LogP contribution in [-0.2, 0) is 9.53 Å². The van der Waals surface area contributed by atoms with E-state index >= 15 is 0 Å². The van der Waals surface area contributed by atoms with Crippen LogP contribution in [0.4, 0.5) is 13.2 Å². The van der Waals surface area contributed by atoms with E-state index in [4.69, 9.17) is 14.6 Å². The highest BCUT2D eigenvalue weighted by Gasteiger charge is 2.42. The summed E-state index contributed by atoms with van der Waals surface area (Å²) >= 11 is 0. The minimum Gasteiger partial charge on any atom is -0.493 e. The minimum absolute atomic E-state index is 0.131. The number of hydrogen-bond acceptors (Lipinski definition) is 4. The molecule has 1 rings (SSSR count). The van der Waals surface area contributed by atoms with Crippen LogP contribution in [0.1, 0.15) is 18.1 Å². The molecular formula is C13H15F3O5. The highest BCUT2D eigenvalue weighted by molar-refractivity contribution is 5.66. The molecular weight excluding hydrogens is 293 g/mol. The van der Waals surface area contributed by atoms with Gasteiger partial charge in [0.2, 0.25) is 0 Å². The summed E-state index contributed by atoms with van der Waals surface area (Å²) in [6, 6.07) is 3.67. The van der Waals surface area contributed by atoms with Gasteiger partial charge in [0, 0.05) is 0 Å². The van der Waals surface area contributed by atoms with E-state index in [0.717, 1.165) is 6.07 Å². The lowest BCUT2D eigenvalue weighted by Crippen LogP contribution is -2.24. The number of rotatable bonds is 7. The van der Waals surface area contributed by atoms with Crippen molar-refractivity contribution in [2.45, 2.75) is 18.7 Å². The molecule has 0 amide bonds. The van der Waals surface area contributed by atoms with E-state index in [9.17, 15) is 18.0 Å². The van der Waals surface area contributed by atoms with Gasteiger partial charge in [0.15, 0.2) is 17.6 Å². The Morgan fingerprint density at radius 3 is 2.33 bits per heavy atom. The van der Waals surface area contributed by atoms with Crippen molar-refractivity contribution in [1.29, 1.82) is 0 Å². The van der Waals surface area contributed by atoms with Crippen molar-refractivity contribution in [1.82, 2.24) is 0 Å². The molecule has 0 heterocycles. The van der Waals surface area contributed by atoms with Crippen molar-refractivity contribution in [3.8, 4) is 11.5 Å². The molecule has 0 fully saturated rings. The third-order valence-electron chi connectivity index (χ3n) is 2.61. The number of ether oxygens (including phenoxy) is 3. The molecule has 0 spiro atoms. The Balaban J connectivity index is 3.00. The molecule has 0 radical (unpaired) electrons. The lowest BCUT2D eigenvalue weighted by molar-refractivity contribution is -0.224. The van der Waals surface area contributed by atoms with Crippen LogP contribution in [0.3, 0.4) is 0 Å². The Hall–Kier alpha value is -1.96. The van der Waals surface area contributed by atoms with Gasteiger partial charge in [-0.1, -0.05) is 6.07 Å². The first-order valence-electron chi connectivity index (χ1n) is 5.91. The number of aliphatic carboxylic acids is 1. The molecule has 0 saturated carbocycles. The lowest BCUT2D eigenvalue weighted by atomic mass is 10.1. The third kappa shape index (κ3) is 4.82. The van der Waals surface area contributed by atoms with E-state index in [1.54, 1.807) is 0 Å². The Bertz CT molecular complexity index is 487. The van der Waals surface area contributed by atoms with Crippen LogP contribution in [0.2, 0.25) is 0 Å². The van der Waals surface area contributed by atoms with Gasteiger partial charge in [-0.05, 0) is 17.7 Å². The summed E-state index contributed by atoms with van der Waals surface area (Å²) in [6.07, 6.45) is -7.41. The third-order valence-corrected chi connectivity index (χ3v) is 2.61. The fourth-order valence-corrected chi connectivity index (χ4v) is 1.66. The maximum atomic E-state index is 13.0. The van der Waals surface area contributed by atoms with E-state index in [0.29, 0.717) is 0 Å². The second-order valence-corrected chi connectivity index (χ2v) is 4.05. The Labute approximate surface area is 119 Å². The Morgan fingerprint density at radius 2 is 1.86 bits per heavy atom. The molecule has 1 aromatic rings. The number of halogens is 3. The van der Waals surface area contributed by atoms with Gasteiger partial charge in [-0.3, -0.25) is 4.79 Å². The molecule has 0 bridgehead atoms. The van der Waals surface area contributed by atoms with Gasteiger partial charge >= 0.3 is 12.1 Å². The van der Waals surface area contributed by atoms with Gasteiger partial charge in [-0.25, -0.2) is 0 Å². The molecule has 1 aromatic carbocycles. The van der Waals surface area contributed by atoms with E-state index < -0.39 is 31.3 Å². The maximum Gasteiger partial charge on any atom is 0.418 e. The molecule has 1 unspecified atom stereocenters. The van der Waals surface area contributed by atoms with Gasteiger partial charge in [-0.15, -0.1) is 0 Å². The van der Waals surface area contributed by atoms with Crippen LogP contribution in [-0.4, -0.2) is 38.1 Å². The highest BCUT2D eigenvalue weighted by Crippen LogP contribution is 2.39. The number of alkyl halides is 3. The number of benzene rings is 1. The Morgan fingerprint density at radius 1 is 1.24 bits per heavy atom. The van der Waals surface area contributed by atoms with E-state index in [1.165, 1.54) is 26.4 Å². The summed E-state index contributed by atoms with van der Waals surface area (Å²) in [7, 11) is 2.66. The summed E-state index contributed by atoms with van der Waals surface area (Å²) < 4.78 is 53.6. The number of hydrogen-bond donors (Lipinski definition) is 1. The van der Waals surface area contributed by atoms with Gasteiger partial charge in [-0.2, -0.15) is 13.2 Å². The number of carboxylic acid groups (broad SMARTS) is 1. The standard InChI is InChI=1S/C13H15F3O5/c1-19-9-4-3-8(7-10(9)20-2)12(13(14,15)16)21-6-5-11(17)18/h3-4,7,12H,5-6H2,1-2H3,(H,17,18). The van der Waals surface area contributed by atoms with Crippen molar-refractivity contribution in [2.75, 3.05) is 20.8 Å². The first kappa shape index (κ1) is 17.1. The lowest BCUT2D eigenvalue weighted by Gasteiger charge is -2.22. The predicted octanol–water partition coefficient (Wildman–Crippen LogP) is 2.80. The first-order valence-corrected chi connectivity index (χ1v) is 5.91. The van der Waals surface area contributed by atoms with Gasteiger partial charge < -0.3 is 19.3 Å². The largest absolute Gasteiger partial charge is 0.493 e. The van der Waals surface area contributed by atoms with Crippen molar-refractivity contribution in [3.63, 3.8) is 0 Å². The summed E-state index contributed by atoms with van der Waals surface area (Å²) in [5.74, 6) is -0.818. The van der Waals surface area contributed by atoms with Crippen LogP contribution >= 0.6 is 0 Å². The molecule has 1 N–H and O–H groups in total. The molecule has 5 nitrogen and oxygen atoms in total. The average molecular weight is 308 g/mol. The van der Waals surface area contributed by atoms with Crippen LogP contribution in [0.15, 0.2) is 18.2 Å². The fraction of sp³-hybridized carbons (Fsp3) is 0.462. The molecule has 0 aliphatic rings. The zero-order valence-electron chi connectivity index (χ0n) is 11.4. The zero-order chi connectivity index (χ0) is 16.0. The molecule has 0 aliphatic heterocycles. The van der Waals surface area contributed by atoms with Gasteiger partial charge in [0.25, 0.3) is 0 Å². The first-order chi connectivity index (χ1) is 9.79. The summed E-state index contributed by atoms with van der Waals surface area (Å²) in [5, 5.41) is 8.45. The van der Waals surface area contributed by atoms with E-state index in [-0.39, 0.29) is 17.1 Å². The van der Waals surface area contributed by atoms with Crippen LogP contribution in [0.5, 0.6) is 11.5 Å². The Kier molecular flexibility index (Phi) is 5.83. The van der Waals surface area contributed by atoms with Crippen LogP contribution in [0, 0.1) is 0 Å². The average Bonchev–Trinajstić information content (AvgIpc) is 2.41. The summed E-state index contributed by atoms with van der Waals surface area (Å²) in [6.45, 7) is -0.548. The molecule has 0 saturated heterocycles. The quantitative estimate of drug-likeness (QED) is 0.839. The number of carboxylic acids is 1. The predicted molar refractivity (Wildman–Crippen MR) is 66.5 cm³/mol. The molecule has 1 atom stereocenters. The fourth-order valence-electron chi connectivity index (χ4n) is 1.66. The minimum atomic E-state index is -4.67. The molecule has 21 heavy (non-hydrogen) atoms. The molecule has 0 aliphatic carbocycles. The topological polar surface area (TPSA) is 65.0 Å². The second-order valence-electron chi connectivity index (χ2n) is 4.05.